The molecule has 0 unspecified atom stereocenters. The van der Waals surface area contributed by atoms with Crippen molar-refractivity contribution in [2.24, 2.45) is 0 Å². The van der Waals surface area contributed by atoms with E-state index in [1.54, 1.807) is 30.2 Å². The zero-order chi connectivity index (χ0) is 15.8. The second kappa shape index (κ2) is 8.70. The lowest BCUT2D eigenvalue weighted by Crippen LogP contribution is -2.38. The first kappa shape index (κ1) is 16.7. The highest BCUT2D eigenvalue weighted by Gasteiger charge is 2.19. The van der Waals surface area contributed by atoms with Crippen LogP contribution in [0.4, 0.5) is 14.9 Å². The third-order valence-corrected chi connectivity index (χ3v) is 3.81. The second-order valence-electron chi connectivity index (χ2n) is 5.44. The summed E-state index contributed by atoms with van der Waals surface area (Å²) in [7, 11) is 1.71. The Morgan fingerprint density at radius 2 is 2.09 bits per heavy atom. The van der Waals surface area contributed by atoms with E-state index in [2.05, 4.69) is 10.2 Å². The lowest BCUT2D eigenvalue weighted by Gasteiger charge is -2.22. The van der Waals surface area contributed by atoms with Crippen LogP contribution in [0.3, 0.4) is 0 Å². The van der Waals surface area contributed by atoms with Gasteiger partial charge in [-0.2, -0.15) is 0 Å². The minimum atomic E-state index is -0.410. The number of hydrogen-bond acceptors (Lipinski definition) is 3. The number of nitrogens with one attached hydrogen (secondary N) is 1. The maximum Gasteiger partial charge on any atom is 0.321 e. The fourth-order valence-corrected chi connectivity index (χ4v) is 2.59. The third-order valence-electron chi connectivity index (χ3n) is 3.81. The van der Waals surface area contributed by atoms with Gasteiger partial charge < -0.3 is 19.9 Å². The molecule has 0 bridgehead atoms. The van der Waals surface area contributed by atoms with Gasteiger partial charge >= 0.3 is 6.03 Å². The number of carbonyl (C=O) groups excluding carboxylic acids is 1. The second-order valence-corrected chi connectivity index (χ2v) is 5.44. The average molecular weight is 309 g/mol. The maximum atomic E-state index is 13.6. The van der Waals surface area contributed by atoms with Gasteiger partial charge in [0.25, 0.3) is 0 Å². The van der Waals surface area contributed by atoms with Gasteiger partial charge in [-0.25, -0.2) is 9.18 Å². The molecule has 0 aliphatic carbocycles. The predicted octanol–water partition coefficient (Wildman–Crippen LogP) is 2.40. The van der Waals surface area contributed by atoms with E-state index in [4.69, 9.17) is 4.74 Å². The maximum absolute atomic E-state index is 13.6. The van der Waals surface area contributed by atoms with E-state index in [-0.39, 0.29) is 11.7 Å². The minimum absolute atomic E-state index is 0.230. The first-order chi connectivity index (χ1) is 10.7. The van der Waals surface area contributed by atoms with Gasteiger partial charge in [0.1, 0.15) is 5.82 Å². The first-order valence-corrected chi connectivity index (χ1v) is 7.72. The molecule has 1 aromatic rings. The molecular formula is C16H24FN3O2. The SMILES string of the molecule is COCCCN1CCCN(C(=O)Nc2ccccc2F)CC1. The van der Waals surface area contributed by atoms with Gasteiger partial charge in [-0.1, -0.05) is 12.1 Å². The number of benzene rings is 1. The summed E-state index contributed by atoms with van der Waals surface area (Å²) in [5.74, 6) is -0.410. The number of amides is 2. The monoisotopic (exact) mass is 309 g/mol. The molecule has 1 N–H and O–H groups in total. The number of ether oxygens (including phenoxy) is 1. The molecule has 122 valence electrons. The molecule has 0 radical (unpaired) electrons. The van der Waals surface area contributed by atoms with E-state index in [9.17, 15) is 9.18 Å². The highest BCUT2D eigenvalue weighted by molar-refractivity contribution is 5.89. The van der Waals surface area contributed by atoms with Gasteiger partial charge in [-0.05, 0) is 31.5 Å². The summed E-state index contributed by atoms with van der Waals surface area (Å²) < 4.78 is 18.6. The largest absolute Gasteiger partial charge is 0.385 e. The topological polar surface area (TPSA) is 44.8 Å². The van der Waals surface area contributed by atoms with E-state index in [1.165, 1.54) is 6.07 Å². The number of hydrogen-bond donors (Lipinski definition) is 1. The Balaban J connectivity index is 1.83. The van der Waals surface area contributed by atoms with Crippen LogP contribution in [0.1, 0.15) is 12.8 Å². The molecule has 1 heterocycles. The van der Waals surface area contributed by atoms with Crippen LogP contribution in [-0.2, 0) is 4.74 Å². The quantitative estimate of drug-likeness (QED) is 0.850. The number of para-hydroxylation sites is 1. The molecular weight excluding hydrogens is 285 g/mol. The molecule has 0 saturated carbocycles. The molecule has 1 aromatic carbocycles. The molecule has 0 atom stereocenters. The van der Waals surface area contributed by atoms with Crippen LogP contribution in [0.5, 0.6) is 0 Å². The number of halogens is 1. The smallest absolute Gasteiger partial charge is 0.321 e. The number of rotatable bonds is 5. The van der Waals surface area contributed by atoms with E-state index >= 15 is 0 Å². The van der Waals surface area contributed by atoms with Crippen LogP contribution in [0.25, 0.3) is 0 Å². The summed E-state index contributed by atoms with van der Waals surface area (Å²) in [6.45, 7) is 4.92. The minimum Gasteiger partial charge on any atom is -0.385 e. The van der Waals surface area contributed by atoms with Crippen molar-refractivity contribution in [2.75, 3.05) is 51.8 Å². The number of methoxy groups -OCH3 is 1. The predicted molar refractivity (Wildman–Crippen MR) is 84.5 cm³/mol. The Bertz CT molecular complexity index is 484. The van der Waals surface area contributed by atoms with Gasteiger partial charge in [0, 0.05) is 39.9 Å². The Morgan fingerprint density at radius 3 is 2.86 bits per heavy atom. The van der Waals surface area contributed by atoms with Crippen molar-refractivity contribution >= 4 is 11.7 Å². The lowest BCUT2D eigenvalue weighted by atomic mass is 10.3. The van der Waals surface area contributed by atoms with Crippen molar-refractivity contribution in [3.05, 3.63) is 30.1 Å². The Kier molecular flexibility index (Phi) is 6.61. The van der Waals surface area contributed by atoms with Crippen molar-refractivity contribution in [3.63, 3.8) is 0 Å². The Morgan fingerprint density at radius 1 is 1.27 bits per heavy atom. The van der Waals surface area contributed by atoms with Crippen LogP contribution < -0.4 is 5.32 Å². The fraction of sp³-hybridized carbons (Fsp3) is 0.562. The number of urea groups is 1. The van der Waals surface area contributed by atoms with E-state index in [0.29, 0.717) is 13.1 Å². The molecule has 1 fully saturated rings. The normalized spacial score (nSPS) is 16.4. The Labute approximate surface area is 131 Å². The summed E-state index contributed by atoms with van der Waals surface area (Å²) in [5, 5.41) is 2.65. The molecule has 22 heavy (non-hydrogen) atoms. The van der Waals surface area contributed by atoms with Crippen LogP contribution in [0.2, 0.25) is 0 Å². The molecule has 1 saturated heterocycles. The molecule has 2 rings (SSSR count). The van der Waals surface area contributed by atoms with Gasteiger partial charge in [-0.15, -0.1) is 0 Å². The average Bonchev–Trinajstić information content (AvgIpc) is 2.76. The zero-order valence-corrected chi connectivity index (χ0v) is 13.1. The van der Waals surface area contributed by atoms with Gasteiger partial charge in [0.2, 0.25) is 0 Å². The van der Waals surface area contributed by atoms with Gasteiger partial charge in [0.05, 0.1) is 5.69 Å². The summed E-state index contributed by atoms with van der Waals surface area (Å²) >= 11 is 0. The highest BCUT2D eigenvalue weighted by Crippen LogP contribution is 2.14. The van der Waals surface area contributed by atoms with Crippen molar-refractivity contribution in [1.29, 1.82) is 0 Å². The summed E-state index contributed by atoms with van der Waals surface area (Å²) in [5.41, 5.74) is 0.230. The molecule has 1 aliphatic heterocycles. The highest BCUT2D eigenvalue weighted by atomic mass is 19.1. The van der Waals surface area contributed by atoms with Crippen LogP contribution in [-0.4, -0.2) is 62.3 Å². The number of carbonyl (C=O) groups is 1. The summed E-state index contributed by atoms with van der Waals surface area (Å²) in [6.07, 6.45) is 1.93. The zero-order valence-electron chi connectivity index (χ0n) is 13.1. The number of nitrogens with zero attached hydrogens (tertiary/aromatic N) is 2. The van der Waals surface area contributed by atoms with E-state index in [1.807, 2.05) is 0 Å². The van der Waals surface area contributed by atoms with Crippen LogP contribution >= 0.6 is 0 Å². The van der Waals surface area contributed by atoms with Crippen molar-refractivity contribution in [1.82, 2.24) is 9.80 Å². The summed E-state index contributed by atoms with van der Waals surface area (Å²) in [6, 6.07) is 5.99. The molecule has 1 aliphatic rings. The van der Waals surface area contributed by atoms with Crippen molar-refractivity contribution in [3.8, 4) is 0 Å². The standard InChI is InChI=1S/C16H24FN3O2/c1-22-13-5-9-19-8-4-10-20(12-11-19)16(21)18-15-7-3-2-6-14(15)17/h2-3,6-7H,4-5,8-13H2,1H3,(H,18,21). The fourth-order valence-electron chi connectivity index (χ4n) is 2.59. The Hall–Kier alpha value is -1.66. The lowest BCUT2D eigenvalue weighted by molar-refractivity contribution is 0.172. The molecule has 0 aromatic heterocycles. The van der Waals surface area contributed by atoms with Crippen molar-refractivity contribution in [2.45, 2.75) is 12.8 Å². The van der Waals surface area contributed by atoms with Crippen LogP contribution in [0, 0.1) is 5.82 Å². The summed E-state index contributed by atoms with van der Waals surface area (Å²) in [4.78, 5) is 16.3. The number of anilines is 1. The van der Waals surface area contributed by atoms with Gasteiger partial charge in [0.15, 0.2) is 0 Å². The molecule has 0 spiro atoms. The molecule has 2 amide bonds. The molecule has 6 heteroatoms. The van der Waals surface area contributed by atoms with E-state index in [0.717, 1.165) is 39.1 Å². The van der Waals surface area contributed by atoms with E-state index < -0.39 is 5.82 Å². The first-order valence-electron chi connectivity index (χ1n) is 7.72. The van der Waals surface area contributed by atoms with Crippen LogP contribution in [0.15, 0.2) is 24.3 Å². The molecule has 5 nitrogen and oxygen atoms in total. The third kappa shape index (κ3) is 4.96. The van der Waals surface area contributed by atoms with Crippen molar-refractivity contribution < 1.29 is 13.9 Å². The van der Waals surface area contributed by atoms with Gasteiger partial charge in [-0.3, -0.25) is 0 Å².